The summed E-state index contributed by atoms with van der Waals surface area (Å²) in [6.07, 6.45) is 5.05. The lowest BCUT2D eigenvalue weighted by Gasteiger charge is -2.26. The molecule has 0 spiro atoms. The summed E-state index contributed by atoms with van der Waals surface area (Å²) in [6.45, 7) is 5.00. The normalized spacial score (nSPS) is 16.6. The molecule has 2 N–H and O–H groups in total. The molecule has 3 aromatic heterocycles. The van der Waals surface area contributed by atoms with E-state index in [1.165, 1.54) is 7.11 Å². The third kappa shape index (κ3) is 5.15. The van der Waals surface area contributed by atoms with Crippen LogP contribution in [-0.4, -0.2) is 68.5 Å². The van der Waals surface area contributed by atoms with Crippen molar-refractivity contribution in [1.29, 1.82) is 0 Å². The number of anilines is 1. The molecule has 5 rings (SSSR count). The number of esters is 1. The highest BCUT2D eigenvalue weighted by Crippen LogP contribution is 2.31. The second kappa shape index (κ2) is 10.6. The molecule has 0 aliphatic carbocycles. The topological polar surface area (TPSA) is 113 Å². The summed E-state index contributed by atoms with van der Waals surface area (Å²) < 4.78 is 15.0. The van der Waals surface area contributed by atoms with Gasteiger partial charge in [-0.2, -0.15) is 5.10 Å². The zero-order valence-electron chi connectivity index (χ0n) is 21.6. The van der Waals surface area contributed by atoms with Crippen molar-refractivity contribution in [3.05, 3.63) is 53.9 Å². The number of methoxy groups -OCH3 is 1. The average Bonchev–Trinajstić information content (AvgIpc) is 3.33. The van der Waals surface area contributed by atoms with Crippen molar-refractivity contribution in [1.82, 2.24) is 29.2 Å². The van der Waals surface area contributed by atoms with E-state index in [2.05, 4.69) is 30.6 Å². The lowest BCUT2D eigenvalue weighted by Crippen LogP contribution is -2.33. The maximum Gasteiger partial charge on any atom is 0.337 e. The van der Waals surface area contributed by atoms with E-state index in [4.69, 9.17) is 15.2 Å². The smallest absolute Gasteiger partial charge is 0.337 e. The van der Waals surface area contributed by atoms with Gasteiger partial charge in [0, 0.05) is 31.9 Å². The maximum absolute atomic E-state index is 12.1. The van der Waals surface area contributed by atoms with Crippen molar-refractivity contribution in [2.45, 2.75) is 32.2 Å². The summed E-state index contributed by atoms with van der Waals surface area (Å²) in [7, 11) is 3.21. The summed E-state index contributed by atoms with van der Waals surface area (Å²) in [5.41, 5.74) is 10.9. The molecular weight excluding hydrogens is 470 g/mol. The Hall–Kier alpha value is -3.92. The Balaban J connectivity index is 1.30. The number of aryl methyl sites for hydroxylation is 2. The van der Waals surface area contributed by atoms with Gasteiger partial charge in [-0.15, -0.1) is 0 Å². The minimum atomic E-state index is -0.403. The van der Waals surface area contributed by atoms with Gasteiger partial charge >= 0.3 is 5.97 Å². The quantitative estimate of drug-likeness (QED) is 0.381. The lowest BCUT2D eigenvalue weighted by molar-refractivity contribution is 0.0600. The third-order valence-electron chi connectivity index (χ3n) is 6.90. The van der Waals surface area contributed by atoms with Gasteiger partial charge in [0.25, 0.3) is 0 Å². The zero-order valence-corrected chi connectivity index (χ0v) is 21.6. The molecule has 10 heteroatoms. The van der Waals surface area contributed by atoms with Gasteiger partial charge in [0.05, 0.1) is 41.2 Å². The summed E-state index contributed by atoms with van der Waals surface area (Å²) in [5.74, 6) is 0.783. The SMILES string of the molecule is COC(=O)c1cc(C)nc(-c2cnn(C)c2OCCN2CCCCC(n3c(N)nc4ccccc43)C2)c1. The van der Waals surface area contributed by atoms with Crippen LogP contribution in [0.2, 0.25) is 0 Å². The standard InChI is InChI=1S/C27H33N7O3/c1-18-14-19(26(35)36-3)15-23(30-18)21-16-29-32(2)25(21)37-13-12-33-11-7-6-8-20(17-33)34-24-10-5-4-9-22(24)31-27(34)28/h4-5,9-10,14-16,20H,6-8,11-13,17H2,1-3H3,(H2,28,31). The number of imidazole rings is 1. The Bertz CT molecular complexity index is 1410. The van der Waals surface area contributed by atoms with Crippen LogP contribution in [0.3, 0.4) is 0 Å². The number of likely N-dealkylation sites (tertiary alicyclic amines) is 1. The van der Waals surface area contributed by atoms with Gasteiger partial charge in [-0.05, 0) is 50.6 Å². The molecule has 4 aromatic rings. The third-order valence-corrected chi connectivity index (χ3v) is 6.90. The summed E-state index contributed by atoms with van der Waals surface area (Å²) in [6, 6.07) is 11.8. The van der Waals surface area contributed by atoms with Crippen molar-refractivity contribution in [3.63, 3.8) is 0 Å². The number of para-hydroxylation sites is 2. The van der Waals surface area contributed by atoms with Crippen molar-refractivity contribution < 1.29 is 14.3 Å². The van der Waals surface area contributed by atoms with Gasteiger partial charge in [0.2, 0.25) is 11.8 Å². The summed E-state index contributed by atoms with van der Waals surface area (Å²) >= 11 is 0. The van der Waals surface area contributed by atoms with Gasteiger partial charge in [-0.25, -0.2) is 14.5 Å². The second-order valence-electron chi connectivity index (χ2n) is 9.49. The van der Waals surface area contributed by atoms with Crippen LogP contribution >= 0.6 is 0 Å². The average molecular weight is 504 g/mol. The van der Waals surface area contributed by atoms with Gasteiger partial charge in [-0.1, -0.05) is 18.6 Å². The number of pyridine rings is 1. The molecule has 1 saturated heterocycles. The number of rotatable bonds is 7. The van der Waals surface area contributed by atoms with E-state index in [9.17, 15) is 4.79 Å². The van der Waals surface area contributed by atoms with Crippen LogP contribution in [0.4, 0.5) is 5.95 Å². The molecule has 0 bridgehead atoms. The number of carbonyl (C=O) groups is 1. The molecule has 1 aliphatic rings. The Morgan fingerprint density at radius 2 is 2.03 bits per heavy atom. The molecular formula is C27H33N7O3. The van der Waals surface area contributed by atoms with Gasteiger partial charge in [-0.3, -0.25) is 9.88 Å². The first-order chi connectivity index (χ1) is 17.9. The number of aromatic nitrogens is 5. The van der Waals surface area contributed by atoms with Gasteiger partial charge in [0.1, 0.15) is 6.61 Å². The van der Waals surface area contributed by atoms with Crippen LogP contribution in [0.15, 0.2) is 42.6 Å². The van der Waals surface area contributed by atoms with E-state index in [0.29, 0.717) is 29.7 Å². The number of hydrogen-bond donors (Lipinski definition) is 1. The fourth-order valence-electron chi connectivity index (χ4n) is 5.14. The van der Waals surface area contributed by atoms with E-state index in [0.717, 1.165) is 61.2 Å². The van der Waals surface area contributed by atoms with Crippen molar-refractivity contribution in [2.24, 2.45) is 7.05 Å². The molecule has 194 valence electrons. The van der Waals surface area contributed by atoms with Crippen LogP contribution in [0.5, 0.6) is 5.88 Å². The minimum absolute atomic E-state index is 0.260. The Morgan fingerprint density at radius 1 is 1.19 bits per heavy atom. The second-order valence-corrected chi connectivity index (χ2v) is 9.49. The predicted octanol–water partition coefficient (Wildman–Crippen LogP) is 3.62. The van der Waals surface area contributed by atoms with Crippen molar-refractivity contribution in [3.8, 4) is 17.1 Å². The van der Waals surface area contributed by atoms with E-state index >= 15 is 0 Å². The minimum Gasteiger partial charge on any atom is -0.476 e. The molecule has 37 heavy (non-hydrogen) atoms. The molecule has 1 unspecified atom stereocenters. The molecule has 1 atom stereocenters. The fraction of sp³-hybridized carbons (Fsp3) is 0.407. The maximum atomic E-state index is 12.1. The number of nitrogens with zero attached hydrogens (tertiary/aromatic N) is 6. The summed E-state index contributed by atoms with van der Waals surface area (Å²) in [5, 5.41) is 4.38. The predicted molar refractivity (Wildman–Crippen MR) is 141 cm³/mol. The highest BCUT2D eigenvalue weighted by molar-refractivity contribution is 5.90. The highest BCUT2D eigenvalue weighted by Gasteiger charge is 2.24. The molecule has 10 nitrogen and oxygen atoms in total. The Kier molecular flexibility index (Phi) is 7.09. The number of nitrogens with two attached hydrogens (primary N) is 1. The zero-order chi connectivity index (χ0) is 25.9. The number of carbonyl (C=O) groups excluding carboxylic acids is 1. The molecule has 0 radical (unpaired) electrons. The first-order valence-electron chi connectivity index (χ1n) is 12.6. The monoisotopic (exact) mass is 503 g/mol. The van der Waals surface area contributed by atoms with E-state index in [-0.39, 0.29) is 6.04 Å². The Labute approximate surface area is 216 Å². The molecule has 0 amide bonds. The van der Waals surface area contributed by atoms with E-state index < -0.39 is 5.97 Å². The van der Waals surface area contributed by atoms with Crippen molar-refractivity contribution >= 4 is 23.0 Å². The van der Waals surface area contributed by atoms with Gasteiger partial charge < -0.3 is 19.8 Å². The van der Waals surface area contributed by atoms with Crippen molar-refractivity contribution in [2.75, 3.05) is 39.1 Å². The van der Waals surface area contributed by atoms with Crippen LogP contribution in [-0.2, 0) is 11.8 Å². The molecule has 1 aliphatic heterocycles. The number of fused-ring (bicyclic) bond motifs is 1. The highest BCUT2D eigenvalue weighted by atomic mass is 16.5. The van der Waals surface area contributed by atoms with E-state index in [1.54, 1.807) is 23.0 Å². The Morgan fingerprint density at radius 3 is 2.86 bits per heavy atom. The molecule has 1 fully saturated rings. The van der Waals surface area contributed by atoms with Gasteiger partial charge in [0.15, 0.2) is 0 Å². The number of benzene rings is 1. The molecule has 4 heterocycles. The number of nitrogen functional groups attached to an aromatic ring is 1. The van der Waals surface area contributed by atoms with Crippen LogP contribution in [0.1, 0.15) is 41.4 Å². The fourth-order valence-corrected chi connectivity index (χ4v) is 5.14. The van der Waals surface area contributed by atoms with E-state index in [1.807, 2.05) is 32.2 Å². The largest absolute Gasteiger partial charge is 0.476 e. The lowest BCUT2D eigenvalue weighted by atomic mass is 10.1. The number of ether oxygens (including phenoxy) is 2. The summed E-state index contributed by atoms with van der Waals surface area (Å²) in [4.78, 5) is 23.7. The van der Waals surface area contributed by atoms with Crippen LogP contribution in [0, 0.1) is 6.92 Å². The van der Waals surface area contributed by atoms with Crippen LogP contribution in [0.25, 0.3) is 22.3 Å². The number of hydrogen-bond acceptors (Lipinski definition) is 8. The molecule has 1 aromatic carbocycles. The van der Waals surface area contributed by atoms with Crippen LogP contribution < -0.4 is 10.5 Å². The molecule has 0 saturated carbocycles. The first kappa shape index (κ1) is 24.8. The first-order valence-corrected chi connectivity index (χ1v) is 12.6.